The number of nitrogens with zero attached hydrogens (tertiary/aromatic N) is 2. The number of carbonyl (C=O) groups excluding carboxylic acids is 3. The normalized spacial score (nSPS) is 14.0. The molecule has 1 aliphatic heterocycles. The third-order valence-corrected chi connectivity index (χ3v) is 5.52. The van der Waals surface area contributed by atoms with E-state index in [1.165, 1.54) is 10.6 Å². The first kappa shape index (κ1) is 23.3. The highest BCUT2D eigenvalue weighted by atomic mass is 16.6. The summed E-state index contributed by atoms with van der Waals surface area (Å²) < 4.78 is 6.96. The van der Waals surface area contributed by atoms with E-state index >= 15 is 0 Å². The van der Waals surface area contributed by atoms with Crippen LogP contribution in [-0.2, 0) is 9.53 Å². The Labute approximate surface area is 199 Å². The maximum absolute atomic E-state index is 12.7. The molecule has 0 aliphatic carbocycles. The first-order valence-corrected chi connectivity index (χ1v) is 11.4. The molecule has 1 N–H and O–H groups in total. The molecule has 2 amide bonds. The molecule has 1 aromatic heterocycles. The van der Waals surface area contributed by atoms with E-state index in [1.807, 2.05) is 49.9 Å². The quantitative estimate of drug-likeness (QED) is 0.536. The molecule has 0 spiro atoms. The van der Waals surface area contributed by atoms with Gasteiger partial charge in [-0.3, -0.25) is 14.2 Å². The van der Waals surface area contributed by atoms with E-state index in [-0.39, 0.29) is 11.8 Å². The van der Waals surface area contributed by atoms with Gasteiger partial charge in [-0.2, -0.15) is 0 Å². The fourth-order valence-corrected chi connectivity index (χ4v) is 3.98. The summed E-state index contributed by atoms with van der Waals surface area (Å²) in [6.45, 7) is 6.99. The summed E-state index contributed by atoms with van der Waals surface area (Å²) >= 11 is 0. The van der Waals surface area contributed by atoms with Gasteiger partial charge in [0.1, 0.15) is 5.60 Å². The Bertz CT molecular complexity index is 1260. The van der Waals surface area contributed by atoms with Crippen LogP contribution in [0.3, 0.4) is 0 Å². The number of likely N-dealkylation sites (tertiary alicyclic amines) is 1. The van der Waals surface area contributed by atoms with Crippen molar-refractivity contribution >= 4 is 40.6 Å². The second kappa shape index (κ2) is 9.55. The van der Waals surface area contributed by atoms with Gasteiger partial charge in [-0.15, -0.1) is 0 Å². The lowest BCUT2D eigenvalue weighted by Gasteiger charge is -2.19. The van der Waals surface area contributed by atoms with Crippen molar-refractivity contribution in [2.24, 2.45) is 0 Å². The Kier molecular flexibility index (Phi) is 6.54. The van der Waals surface area contributed by atoms with Gasteiger partial charge in [0.05, 0.1) is 5.52 Å². The van der Waals surface area contributed by atoms with E-state index in [9.17, 15) is 14.4 Å². The van der Waals surface area contributed by atoms with Crippen LogP contribution in [0.5, 0.6) is 0 Å². The van der Waals surface area contributed by atoms with Gasteiger partial charge in [0.2, 0.25) is 5.91 Å². The van der Waals surface area contributed by atoms with Gasteiger partial charge in [0, 0.05) is 47.6 Å². The Balaban J connectivity index is 1.50. The second-order valence-electron chi connectivity index (χ2n) is 9.35. The van der Waals surface area contributed by atoms with Crippen LogP contribution in [0.2, 0.25) is 0 Å². The van der Waals surface area contributed by atoms with Crippen LogP contribution in [-0.4, -0.2) is 46.1 Å². The number of hydrogen-bond acceptors (Lipinski definition) is 4. The van der Waals surface area contributed by atoms with E-state index < -0.39 is 11.7 Å². The zero-order chi connectivity index (χ0) is 24.3. The summed E-state index contributed by atoms with van der Waals surface area (Å²) in [7, 11) is 0. The molecule has 0 saturated carbocycles. The van der Waals surface area contributed by atoms with Gasteiger partial charge in [-0.1, -0.05) is 24.3 Å². The lowest BCUT2D eigenvalue weighted by molar-refractivity contribution is -0.111. The van der Waals surface area contributed by atoms with Gasteiger partial charge in [-0.05, 0) is 64.0 Å². The minimum absolute atomic E-state index is 0.0147. The van der Waals surface area contributed by atoms with Gasteiger partial charge < -0.3 is 15.0 Å². The van der Waals surface area contributed by atoms with Gasteiger partial charge in [-0.25, -0.2) is 4.79 Å². The number of benzene rings is 2. The fraction of sp³-hybridized carbons (Fsp3) is 0.296. The molecule has 2 heterocycles. The molecule has 7 heteroatoms. The predicted molar refractivity (Wildman–Crippen MR) is 133 cm³/mol. The summed E-state index contributed by atoms with van der Waals surface area (Å²) in [5.41, 5.74) is 1.91. The Morgan fingerprint density at radius 2 is 1.74 bits per heavy atom. The molecular weight excluding hydrogens is 430 g/mol. The summed E-state index contributed by atoms with van der Waals surface area (Å²) in [5.74, 6) is -0.348. The molecule has 4 rings (SSSR count). The van der Waals surface area contributed by atoms with E-state index in [2.05, 4.69) is 5.32 Å². The van der Waals surface area contributed by atoms with Crippen molar-refractivity contribution < 1.29 is 19.1 Å². The summed E-state index contributed by atoms with van der Waals surface area (Å²) in [4.78, 5) is 39.7. The standard InChI is InChI=1S/C27H29N3O4/c1-27(2,3)34-26(33)30-18-20(22-11-4-5-12-23(22)30)13-14-24(31)28-21-10-8-9-19(17-21)25(32)29-15-6-7-16-29/h4-5,8-14,17-18H,6-7,15-16H2,1-3H3,(H,28,31)/b14-13+. The maximum Gasteiger partial charge on any atom is 0.419 e. The molecule has 1 aliphatic rings. The van der Waals surface area contributed by atoms with Crippen LogP contribution in [0.1, 0.15) is 49.5 Å². The van der Waals surface area contributed by atoms with Crippen LogP contribution in [0.25, 0.3) is 17.0 Å². The fourth-order valence-electron chi connectivity index (χ4n) is 3.98. The maximum atomic E-state index is 12.7. The Morgan fingerprint density at radius 1 is 1.00 bits per heavy atom. The number of rotatable bonds is 4. The van der Waals surface area contributed by atoms with Gasteiger partial charge in [0.25, 0.3) is 5.91 Å². The van der Waals surface area contributed by atoms with Crippen molar-refractivity contribution in [1.29, 1.82) is 0 Å². The van der Waals surface area contributed by atoms with Crippen molar-refractivity contribution in [3.05, 3.63) is 71.9 Å². The van der Waals surface area contributed by atoms with E-state index in [1.54, 1.807) is 36.5 Å². The molecule has 7 nitrogen and oxygen atoms in total. The number of nitrogens with one attached hydrogen (secondary N) is 1. The number of fused-ring (bicyclic) bond motifs is 1. The number of anilines is 1. The van der Waals surface area contributed by atoms with Crippen molar-refractivity contribution in [2.75, 3.05) is 18.4 Å². The summed E-state index contributed by atoms with van der Waals surface area (Å²) in [6, 6.07) is 14.4. The van der Waals surface area contributed by atoms with Crippen LogP contribution < -0.4 is 5.32 Å². The molecule has 0 atom stereocenters. The van der Waals surface area contributed by atoms with Gasteiger partial charge >= 0.3 is 6.09 Å². The first-order chi connectivity index (χ1) is 16.2. The van der Waals surface area contributed by atoms with Crippen molar-refractivity contribution in [1.82, 2.24) is 9.47 Å². The largest absolute Gasteiger partial charge is 0.443 e. The Hall–Kier alpha value is -3.87. The van der Waals surface area contributed by atoms with E-state index in [4.69, 9.17) is 4.74 Å². The molecule has 176 valence electrons. The Morgan fingerprint density at radius 3 is 2.47 bits per heavy atom. The second-order valence-corrected chi connectivity index (χ2v) is 9.35. The van der Waals surface area contributed by atoms with E-state index in [0.29, 0.717) is 16.8 Å². The minimum atomic E-state index is -0.622. The molecule has 0 radical (unpaired) electrons. The van der Waals surface area contributed by atoms with Gasteiger partial charge in [0.15, 0.2) is 0 Å². The van der Waals surface area contributed by atoms with Crippen molar-refractivity contribution in [3.8, 4) is 0 Å². The topological polar surface area (TPSA) is 80.6 Å². The average Bonchev–Trinajstić information content (AvgIpc) is 3.45. The number of aromatic nitrogens is 1. The lowest BCUT2D eigenvalue weighted by Crippen LogP contribution is -2.27. The molecule has 0 bridgehead atoms. The molecule has 2 aromatic carbocycles. The summed E-state index contributed by atoms with van der Waals surface area (Å²) in [6.07, 6.45) is 6.31. The predicted octanol–water partition coefficient (Wildman–Crippen LogP) is 5.31. The third-order valence-electron chi connectivity index (χ3n) is 5.52. The summed E-state index contributed by atoms with van der Waals surface area (Å²) in [5, 5.41) is 3.64. The van der Waals surface area contributed by atoms with Crippen LogP contribution >= 0.6 is 0 Å². The minimum Gasteiger partial charge on any atom is -0.443 e. The molecule has 0 unspecified atom stereocenters. The molecule has 3 aromatic rings. The van der Waals surface area contributed by atoms with Crippen molar-refractivity contribution in [3.63, 3.8) is 0 Å². The van der Waals surface area contributed by atoms with Crippen LogP contribution in [0.15, 0.2) is 60.8 Å². The zero-order valence-corrected chi connectivity index (χ0v) is 19.7. The zero-order valence-electron chi connectivity index (χ0n) is 19.7. The lowest BCUT2D eigenvalue weighted by atomic mass is 10.1. The highest BCUT2D eigenvalue weighted by Crippen LogP contribution is 2.24. The monoisotopic (exact) mass is 459 g/mol. The van der Waals surface area contributed by atoms with Crippen LogP contribution in [0.4, 0.5) is 10.5 Å². The smallest absolute Gasteiger partial charge is 0.419 e. The van der Waals surface area contributed by atoms with Crippen molar-refractivity contribution in [2.45, 2.75) is 39.2 Å². The number of para-hydroxylation sites is 1. The first-order valence-electron chi connectivity index (χ1n) is 11.4. The highest BCUT2D eigenvalue weighted by molar-refractivity contribution is 6.05. The average molecular weight is 460 g/mol. The molecular formula is C27H29N3O4. The third kappa shape index (κ3) is 5.36. The SMILES string of the molecule is CC(C)(C)OC(=O)n1cc(/C=C/C(=O)Nc2cccc(C(=O)N3CCCC3)c2)c2ccccc21. The number of amides is 2. The highest BCUT2D eigenvalue weighted by Gasteiger charge is 2.21. The van der Waals surface area contributed by atoms with Crippen LogP contribution in [0, 0.1) is 0 Å². The number of ether oxygens (including phenoxy) is 1. The molecule has 1 saturated heterocycles. The molecule has 34 heavy (non-hydrogen) atoms. The molecule has 1 fully saturated rings. The van der Waals surface area contributed by atoms with E-state index in [0.717, 1.165) is 36.9 Å². The number of carbonyl (C=O) groups is 3. The number of hydrogen-bond donors (Lipinski definition) is 1.